The van der Waals surface area contributed by atoms with Crippen LogP contribution in [-0.2, 0) is 23.1 Å². The lowest BCUT2D eigenvalue weighted by atomic mass is 10.2. The molecule has 0 heterocycles. The van der Waals surface area contributed by atoms with E-state index >= 15 is 0 Å². The zero-order valence-electron chi connectivity index (χ0n) is 17.1. The predicted octanol–water partition coefficient (Wildman–Crippen LogP) is 6.71. The molecule has 3 aromatic carbocycles. The van der Waals surface area contributed by atoms with Crippen molar-refractivity contribution in [2.75, 3.05) is 14.2 Å². The maximum atomic E-state index is 13.9. The summed E-state index contributed by atoms with van der Waals surface area (Å²) >= 11 is 25.4. The molecule has 3 aromatic rings. The highest BCUT2D eigenvalue weighted by atomic mass is 35.5. The van der Waals surface area contributed by atoms with Crippen molar-refractivity contribution in [1.29, 1.82) is 0 Å². The van der Waals surface area contributed by atoms with Crippen LogP contribution < -0.4 is 9.47 Å². The fourth-order valence-corrected chi connectivity index (χ4v) is 5.65. The van der Waals surface area contributed by atoms with E-state index in [2.05, 4.69) is 0 Å². The van der Waals surface area contributed by atoms with E-state index in [4.69, 9.17) is 55.9 Å². The number of methoxy groups -OCH3 is 2. The van der Waals surface area contributed by atoms with Crippen LogP contribution in [0.1, 0.15) is 11.1 Å². The molecule has 5 nitrogen and oxygen atoms in total. The Morgan fingerprint density at radius 2 is 1.22 bits per heavy atom. The first-order chi connectivity index (χ1) is 15.2. The van der Waals surface area contributed by atoms with Gasteiger partial charge in [0.1, 0.15) is 16.4 Å². The van der Waals surface area contributed by atoms with Gasteiger partial charge in [0.15, 0.2) is 0 Å². The summed E-state index contributed by atoms with van der Waals surface area (Å²) in [5.74, 6) is 0.516. The highest BCUT2D eigenvalue weighted by Gasteiger charge is 2.31. The Hall–Kier alpha value is -1.67. The van der Waals surface area contributed by atoms with Crippen molar-refractivity contribution in [3.05, 3.63) is 85.8 Å². The molecule has 10 heteroatoms. The van der Waals surface area contributed by atoms with Crippen LogP contribution in [0.15, 0.2) is 59.5 Å². The van der Waals surface area contributed by atoms with E-state index in [9.17, 15) is 8.42 Å². The standard InChI is InChI=1S/C22H19Cl4NO4S/c1-30-14-9-10-21(31-2)22(11-14)32(28,29)27(12-15-17(23)5-3-6-18(15)24)13-16-19(25)7-4-8-20(16)26/h3-11H,12-13H2,1-2H3. The van der Waals surface area contributed by atoms with Crippen molar-refractivity contribution in [3.63, 3.8) is 0 Å². The maximum Gasteiger partial charge on any atom is 0.247 e. The minimum atomic E-state index is -4.15. The summed E-state index contributed by atoms with van der Waals surface area (Å²) in [5.41, 5.74) is 0.897. The molecule has 0 aromatic heterocycles. The van der Waals surface area contributed by atoms with Crippen LogP contribution in [0.25, 0.3) is 0 Å². The molecule has 0 N–H and O–H groups in total. The molecule has 32 heavy (non-hydrogen) atoms. The summed E-state index contributed by atoms with van der Waals surface area (Å²) in [6, 6.07) is 14.5. The smallest absolute Gasteiger partial charge is 0.247 e. The average Bonchev–Trinajstić information content (AvgIpc) is 2.76. The van der Waals surface area contributed by atoms with Gasteiger partial charge >= 0.3 is 0 Å². The van der Waals surface area contributed by atoms with Gasteiger partial charge in [-0.2, -0.15) is 4.31 Å². The van der Waals surface area contributed by atoms with Crippen LogP contribution >= 0.6 is 46.4 Å². The highest BCUT2D eigenvalue weighted by Crippen LogP contribution is 2.36. The zero-order valence-corrected chi connectivity index (χ0v) is 21.0. The molecule has 0 aliphatic carbocycles. The van der Waals surface area contributed by atoms with Gasteiger partial charge in [-0.05, 0) is 36.4 Å². The second-order valence-electron chi connectivity index (χ2n) is 6.69. The zero-order chi connectivity index (χ0) is 23.5. The summed E-state index contributed by atoms with van der Waals surface area (Å²) in [7, 11) is -1.31. The van der Waals surface area contributed by atoms with Gasteiger partial charge in [-0.25, -0.2) is 8.42 Å². The average molecular weight is 535 g/mol. The van der Waals surface area contributed by atoms with Crippen LogP contribution in [0.4, 0.5) is 0 Å². The summed E-state index contributed by atoms with van der Waals surface area (Å²) in [4.78, 5) is -0.0781. The third kappa shape index (κ3) is 5.28. The summed E-state index contributed by atoms with van der Waals surface area (Å²) < 4.78 is 39.4. The van der Waals surface area contributed by atoms with Crippen molar-refractivity contribution in [2.24, 2.45) is 0 Å². The Morgan fingerprint density at radius 1 is 0.750 bits per heavy atom. The topological polar surface area (TPSA) is 55.8 Å². The Balaban J connectivity index is 2.17. The van der Waals surface area contributed by atoms with Crippen molar-refractivity contribution < 1.29 is 17.9 Å². The molecule has 0 saturated carbocycles. The van der Waals surface area contributed by atoms with E-state index < -0.39 is 10.0 Å². The fourth-order valence-electron chi connectivity index (χ4n) is 3.07. The Bertz CT molecular complexity index is 1140. The number of sulfonamides is 1. The highest BCUT2D eigenvalue weighted by molar-refractivity contribution is 7.89. The van der Waals surface area contributed by atoms with E-state index in [0.717, 1.165) is 0 Å². The number of rotatable bonds is 8. The fraction of sp³-hybridized carbons (Fsp3) is 0.182. The molecule has 0 aliphatic heterocycles. The molecule has 0 radical (unpaired) electrons. The van der Waals surface area contributed by atoms with Gasteiger partial charge in [-0.3, -0.25) is 0 Å². The summed E-state index contributed by atoms with van der Waals surface area (Å²) in [6.45, 7) is -0.245. The minimum Gasteiger partial charge on any atom is -0.497 e. The molecule has 0 fully saturated rings. The van der Waals surface area contributed by atoms with Crippen LogP contribution in [0.3, 0.4) is 0 Å². The molecule has 0 amide bonds. The molecule has 0 atom stereocenters. The van der Waals surface area contributed by atoms with Crippen molar-refractivity contribution >= 4 is 56.4 Å². The number of hydrogen-bond donors (Lipinski definition) is 0. The van der Waals surface area contributed by atoms with E-state index in [-0.39, 0.29) is 23.7 Å². The molecule has 0 spiro atoms. The van der Waals surface area contributed by atoms with Gasteiger partial charge in [0, 0.05) is 50.4 Å². The van der Waals surface area contributed by atoms with Gasteiger partial charge in [0.25, 0.3) is 0 Å². The minimum absolute atomic E-state index is 0.0781. The normalized spacial score (nSPS) is 11.6. The third-order valence-electron chi connectivity index (χ3n) is 4.78. The summed E-state index contributed by atoms with van der Waals surface area (Å²) in [5, 5.41) is 1.34. The lowest BCUT2D eigenvalue weighted by Crippen LogP contribution is -2.31. The molecular weight excluding hydrogens is 516 g/mol. The van der Waals surface area contributed by atoms with Crippen LogP contribution in [0.5, 0.6) is 11.5 Å². The first-order valence-corrected chi connectivity index (χ1v) is 12.2. The van der Waals surface area contributed by atoms with Crippen LogP contribution in [0.2, 0.25) is 20.1 Å². The van der Waals surface area contributed by atoms with Crippen LogP contribution in [0, 0.1) is 0 Å². The van der Waals surface area contributed by atoms with E-state index in [0.29, 0.717) is 37.0 Å². The van der Waals surface area contributed by atoms with Crippen molar-refractivity contribution in [1.82, 2.24) is 4.31 Å². The molecule has 170 valence electrons. The van der Waals surface area contributed by atoms with Crippen LogP contribution in [-0.4, -0.2) is 26.9 Å². The Kier molecular flexibility index (Phi) is 8.20. The number of benzene rings is 3. The molecule has 0 saturated heterocycles. The monoisotopic (exact) mass is 533 g/mol. The first kappa shape index (κ1) is 25.0. The molecule has 0 bridgehead atoms. The van der Waals surface area contributed by atoms with Gasteiger partial charge in [0.2, 0.25) is 10.0 Å². The second-order valence-corrected chi connectivity index (χ2v) is 10.2. The molecular formula is C22H19Cl4NO4S. The Labute approximate surface area is 207 Å². The molecule has 3 rings (SSSR count). The van der Waals surface area contributed by atoms with Gasteiger partial charge in [0.05, 0.1) is 14.2 Å². The van der Waals surface area contributed by atoms with E-state index in [1.165, 1.54) is 30.7 Å². The largest absolute Gasteiger partial charge is 0.497 e. The van der Waals surface area contributed by atoms with Crippen molar-refractivity contribution in [2.45, 2.75) is 18.0 Å². The number of ether oxygens (including phenoxy) is 2. The van der Waals surface area contributed by atoms with Crippen molar-refractivity contribution in [3.8, 4) is 11.5 Å². The quantitative estimate of drug-likeness (QED) is 0.322. The first-order valence-electron chi connectivity index (χ1n) is 9.27. The maximum absolute atomic E-state index is 13.9. The number of halogens is 4. The van der Waals surface area contributed by atoms with E-state index in [1.54, 1.807) is 42.5 Å². The molecule has 0 unspecified atom stereocenters. The third-order valence-corrected chi connectivity index (χ3v) is 8.01. The van der Waals surface area contributed by atoms with E-state index in [1.807, 2.05) is 0 Å². The number of nitrogens with zero attached hydrogens (tertiary/aromatic N) is 1. The lowest BCUT2D eigenvalue weighted by molar-refractivity contribution is 0.377. The Morgan fingerprint density at radius 3 is 1.62 bits per heavy atom. The van der Waals surface area contributed by atoms with Gasteiger partial charge < -0.3 is 9.47 Å². The van der Waals surface area contributed by atoms with Gasteiger partial charge in [-0.1, -0.05) is 58.5 Å². The van der Waals surface area contributed by atoms with Gasteiger partial charge in [-0.15, -0.1) is 0 Å². The lowest BCUT2D eigenvalue weighted by Gasteiger charge is -2.25. The number of hydrogen-bond acceptors (Lipinski definition) is 4. The SMILES string of the molecule is COc1ccc(OC)c(S(=O)(=O)N(Cc2c(Cl)cccc2Cl)Cc2c(Cl)cccc2Cl)c1. The molecule has 0 aliphatic rings. The second kappa shape index (κ2) is 10.5. The predicted molar refractivity (Wildman–Crippen MR) is 129 cm³/mol. The summed E-state index contributed by atoms with van der Waals surface area (Å²) in [6.07, 6.45) is 0.